The number of nitrogens with two attached hydrogens (primary N) is 1. The second kappa shape index (κ2) is 3.82. The summed E-state index contributed by atoms with van der Waals surface area (Å²) in [6, 6.07) is 0.138. The Morgan fingerprint density at radius 2 is 2.33 bits per heavy atom. The zero-order valence-corrected chi connectivity index (χ0v) is 8.69. The number of nitrogens with zero attached hydrogens (tertiary/aromatic N) is 3. The Balaban J connectivity index is 2.44. The Hall–Kier alpha value is -1.69. The van der Waals surface area contributed by atoms with Crippen molar-refractivity contribution in [2.45, 2.75) is 19.9 Å². The third-order valence-electron chi connectivity index (χ3n) is 2.05. The van der Waals surface area contributed by atoms with Gasteiger partial charge in [-0.2, -0.15) is 4.98 Å². The molecule has 0 saturated heterocycles. The molecule has 80 valence electrons. The molecule has 0 radical (unpaired) electrons. The molecule has 0 amide bonds. The van der Waals surface area contributed by atoms with E-state index in [0.29, 0.717) is 29.4 Å². The van der Waals surface area contributed by atoms with Crippen LogP contribution in [0.25, 0.3) is 11.2 Å². The molecule has 0 bridgehead atoms. The molecule has 0 aliphatic heterocycles. The maximum Gasteiger partial charge on any atom is 0.252 e. The minimum Gasteiger partial charge on any atom is -0.425 e. The molecule has 0 saturated carbocycles. The van der Waals surface area contributed by atoms with E-state index in [1.807, 2.05) is 6.92 Å². The quantitative estimate of drug-likeness (QED) is 0.769. The van der Waals surface area contributed by atoms with Crippen LogP contribution in [0.15, 0.2) is 10.8 Å². The van der Waals surface area contributed by atoms with Crippen LogP contribution in [0.2, 0.25) is 0 Å². The van der Waals surface area contributed by atoms with E-state index < -0.39 is 0 Å². The van der Waals surface area contributed by atoms with Crippen molar-refractivity contribution in [1.29, 1.82) is 0 Å². The predicted octanol–water partition coefficient (Wildman–Crippen LogP) is 0.685. The third kappa shape index (κ3) is 1.89. The van der Waals surface area contributed by atoms with Crippen molar-refractivity contribution in [3.8, 4) is 0 Å². The van der Waals surface area contributed by atoms with Crippen molar-refractivity contribution in [3.05, 3.63) is 12.2 Å². The lowest BCUT2D eigenvalue weighted by Crippen LogP contribution is -2.26. The summed E-state index contributed by atoms with van der Waals surface area (Å²) < 4.78 is 5.12. The number of rotatable bonds is 3. The monoisotopic (exact) mass is 207 g/mol. The number of aromatic nitrogens is 3. The SMILES string of the molecule is Cc1nc(NC(C)CN)c2ncoc2n1. The maximum absolute atomic E-state index is 5.53. The minimum atomic E-state index is 0.138. The number of hydrogen-bond acceptors (Lipinski definition) is 6. The van der Waals surface area contributed by atoms with Gasteiger partial charge in [0.1, 0.15) is 5.82 Å². The van der Waals surface area contributed by atoms with Gasteiger partial charge in [-0.1, -0.05) is 0 Å². The molecule has 0 spiro atoms. The highest BCUT2D eigenvalue weighted by molar-refractivity contribution is 5.80. The lowest BCUT2D eigenvalue weighted by atomic mass is 10.3. The van der Waals surface area contributed by atoms with E-state index in [4.69, 9.17) is 10.2 Å². The van der Waals surface area contributed by atoms with Crippen molar-refractivity contribution in [3.63, 3.8) is 0 Å². The van der Waals surface area contributed by atoms with E-state index >= 15 is 0 Å². The minimum absolute atomic E-state index is 0.138. The van der Waals surface area contributed by atoms with Crippen LogP contribution in [0, 0.1) is 6.92 Å². The lowest BCUT2D eigenvalue weighted by Gasteiger charge is -2.11. The summed E-state index contributed by atoms with van der Waals surface area (Å²) in [5, 5.41) is 3.16. The van der Waals surface area contributed by atoms with Gasteiger partial charge in [0.2, 0.25) is 0 Å². The summed E-state index contributed by atoms with van der Waals surface area (Å²) in [5.74, 6) is 1.31. The fraction of sp³-hybridized carbons (Fsp3) is 0.444. The molecule has 2 aromatic heterocycles. The molecular formula is C9H13N5O. The van der Waals surface area contributed by atoms with E-state index in [0.717, 1.165) is 0 Å². The van der Waals surface area contributed by atoms with Crippen LogP contribution in [0.5, 0.6) is 0 Å². The summed E-state index contributed by atoms with van der Waals surface area (Å²) in [5.41, 5.74) is 6.66. The first-order chi connectivity index (χ1) is 7.20. The second-order valence-corrected chi connectivity index (χ2v) is 3.41. The highest BCUT2D eigenvalue weighted by Crippen LogP contribution is 2.18. The topological polar surface area (TPSA) is 89.9 Å². The molecule has 15 heavy (non-hydrogen) atoms. The Morgan fingerprint density at radius 3 is 3.07 bits per heavy atom. The molecule has 1 atom stereocenters. The molecule has 6 nitrogen and oxygen atoms in total. The molecular weight excluding hydrogens is 194 g/mol. The van der Waals surface area contributed by atoms with Crippen LogP contribution in [-0.4, -0.2) is 27.5 Å². The number of fused-ring (bicyclic) bond motifs is 1. The third-order valence-corrected chi connectivity index (χ3v) is 2.05. The molecule has 0 fully saturated rings. The molecule has 2 heterocycles. The first-order valence-corrected chi connectivity index (χ1v) is 4.75. The average Bonchev–Trinajstić information content (AvgIpc) is 2.65. The van der Waals surface area contributed by atoms with Crippen molar-refractivity contribution < 1.29 is 4.42 Å². The van der Waals surface area contributed by atoms with Crippen LogP contribution < -0.4 is 11.1 Å². The number of anilines is 1. The number of oxazole rings is 1. The second-order valence-electron chi connectivity index (χ2n) is 3.41. The van der Waals surface area contributed by atoms with Gasteiger partial charge in [0.05, 0.1) is 0 Å². The molecule has 0 aromatic carbocycles. The van der Waals surface area contributed by atoms with Gasteiger partial charge in [0.25, 0.3) is 5.71 Å². The van der Waals surface area contributed by atoms with Gasteiger partial charge in [-0.3, -0.25) is 0 Å². The Kier molecular flexibility index (Phi) is 2.51. The highest BCUT2D eigenvalue weighted by atomic mass is 16.3. The largest absolute Gasteiger partial charge is 0.425 e. The van der Waals surface area contributed by atoms with Crippen LogP contribution in [0.4, 0.5) is 5.82 Å². The van der Waals surface area contributed by atoms with Gasteiger partial charge in [-0.15, -0.1) is 0 Å². The van der Waals surface area contributed by atoms with Gasteiger partial charge in [0, 0.05) is 12.6 Å². The van der Waals surface area contributed by atoms with Crippen molar-refractivity contribution in [2.75, 3.05) is 11.9 Å². The van der Waals surface area contributed by atoms with Gasteiger partial charge in [-0.05, 0) is 13.8 Å². The summed E-state index contributed by atoms with van der Waals surface area (Å²) in [4.78, 5) is 12.4. The summed E-state index contributed by atoms with van der Waals surface area (Å²) >= 11 is 0. The molecule has 2 aromatic rings. The van der Waals surface area contributed by atoms with Crippen LogP contribution in [0.1, 0.15) is 12.7 Å². The zero-order valence-electron chi connectivity index (χ0n) is 8.69. The van der Waals surface area contributed by atoms with Crippen molar-refractivity contribution in [2.24, 2.45) is 5.73 Å². The number of hydrogen-bond donors (Lipinski definition) is 2. The number of aryl methyl sites for hydroxylation is 1. The van der Waals surface area contributed by atoms with Crippen LogP contribution >= 0.6 is 0 Å². The molecule has 2 rings (SSSR count). The van der Waals surface area contributed by atoms with Gasteiger partial charge >= 0.3 is 0 Å². The maximum atomic E-state index is 5.53. The Morgan fingerprint density at radius 1 is 1.53 bits per heavy atom. The summed E-state index contributed by atoms with van der Waals surface area (Å²) in [7, 11) is 0. The first kappa shape index (κ1) is 9.85. The van der Waals surface area contributed by atoms with E-state index in [2.05, 4.69) is 20.3 Å². The zero-order chi connectivity index (χ0) is 10.8. The summed E-state index contributed by atoms with van der Waals surface area (Å²) in [6.45, 7) is 4.31. The fourth-order valence-electron chi connectivity index (χ4n) is 1.26. The molecule has 0 aliphatic carbocycles. The van der Waals surface area contributed by atoms with Gasteiger partial charge < -0.3 is 15.5 Å². The Labute approximate surface area is 86.9 Å². The number of nitrogens with one attached hydrogen (secondary N) is 1. The van der Waals surface area contributed by atoms with E-state index in [9.17, 15) is 0 Å². The molecule has 6 heteroatoms. The Bertz CT molecular complexity index is 466. The fourth-order valence-corrected chi connectivity index (χ4v) is 1.26. The predicted molar refractivity (Wildman–Crippen MR) is 56.5 cm³/mol. The van der Waals surface area contributed by atoms with Crippen LogP contribution in [-0.2, 0) is 0 Å². The molecule has 0 aliphatic rings. The van der Waals surface area contributed by atoms with E-state index in [-0.39, 0.29) is 6.04 Å². The van der Waals surface area contributed by atoms with Gasteiger partial charge in [0.15, 0.2) is 17.7 Å². The first-order valence-electron chi connectivity index (χ1n) is 4.75. The van der Waals surface area contributed by atoms with E-state index in [1.54, 1.807) is 6.92 Å². The van der Waals surface area contributed by atoms with Gasteiger partial charge in [-0.25, -0.2) is 9.97 Å². The van der Waals surface area contributed by atoms with Crippen molar-refractivity contribution in [1.82, 2.24) is 15.0 Å². The lowest BCUT2D eigenvalue weighted by molar-refractivity contribution is 0.589. The van der Waals surface area contributed by atoms with Crippen molar-refractivity contribution >= 4 is 17.0 Å². The normalized spacial score (nSPS) is 13.0. The average molecular weight is 207 g/mol. The highest BCUT2D eigenvalue weighted by Gasteiger charge is 2.11. The van der Waals surface area contributed by atoms with E-state index in [1.165, 1.54) is 6.39 Å². The smallest absolute Gasteiger partial charge is 0.252 e. The molecule has 3 N–H and O–H groups in total. The molecule has 1 unspecified atom stereocenters. The standard InChI is InChI=1S/C9H13N5O/c1-5(3-10)12-8-7-9(15-4-11-7)14-6(2)13-8/h4-5H,3,10H2,1-2H3,(H,12,13,14). The van der Waals surface area contributed by atoms with Crippen LogP contribution in [0.3, 0.4) is 0 Å². The summed E-state index contributed by atoms with van der Waals surface area (Å²) in [6.07, 6.45) is 1.36.